The fourth-order valence-corrected chi connectivity index (χ4v) is 2.91. The zero-order valence-electron chi connectivity index (χ0n) is 12.3. The summed E-state index contributed by atoms with van der Waals surface area (Å²) >= 11 is 0. The molecule has 0 heterocycles. The van der Waals surface area contributed by atoms with E-state index >= 15 is 0 Å². The van der Waals surface area contributed by atoms with Crippen LogP contribution in [0.15, 0.2) is 0 Å². The van der Waals surface area contributed by atoms with Crippen LogP contribution < -0.4 is 11.1 Å². The van der Waals surface area contributed by atoms with Crippen molar-refractivity contribution in [3.63, 3.8) is 0 Å². The summed E-state index contributed by atoms with van der Waals surface area (Å²) in [5.74, 6) is 1.28. The summed E-state index contributed by atoms with van der Waals surface area (Å²) in [6.07, 6.45) is 10.8. The molecule has 1 unspecified atom stereocenters. The second-order valence-electron chi connectivity index (χ2n) is 5.63. The Kier molecular flexibility index (Phi) is 11.4. The van der Waals surface area contributed by atoms with Gasteiger partial charge < -0.3 is 11.1 Å². The van der Waals surface area contributed by atoms with E-state index in [-0.39, 0.29) is 24.2 Å². The molecule has 0 saturated heterocycles. The first-order valence-corrected chi connectivity index (χ1v) is 7.75. The molecule has 0 aromatic heterocycles. The second kappa shape index (κ2) is 11.5. The summed E-state index contributed by atoms with van der Waals surface area (Å²) < 4.78 is 0. The van der Waals surface area contributed by atoms with Crippen molar-refractivity contribution in [3.05, 3.63) is 0 Å². The Morgan fingerprint density at radius 3 is 2.53 bits per heavy atom. The molecule has 3 N–H and O–H groups in total. The molecule has 0 bridgehead atoms. The molecule has 0 aromatic carbocycles. The van der Waals surface area contributed by atoms with Gasteiger partial charge >= 0.3 is 0 Å². The van der Waals surface area contributed by atoms with Crippen molar-refractivity contribution < 1.29 is 4.79 Å². The van der Waals surface area contributed by atoms with E-state index in [2.05, 4.69) is 12.2 Å². The maximum atomic E-state index is 12.1. The summed E-state index contributed by atoms with van der Waals surface area (Å²) in [5.41, 5.74) is 5.44. The Hall–Kier alpha value is -0.280. The molecule has 114 valence electrons. The van der Waals surface area contributed by atoms with Crippen LogP contribution >= 0.6 is 12.4 Å². The highest BCUT2D eigenvalue weighted by Gasteiger charge is 2.22. The number of hydrogen-bond acceptors (Lipinski definition) is 2. The third-order valence-corrected chi connectivity index (χ3v) is 4.14. The molecule has 0 spiro atoms. The molecule has 3 nitrogen and oxygen atoms in total. The first-order chi connectivity index (χ1) is 8.77. The molecule has 1 saturated carbocycles. The summed E-state index contributed by atoms with van der Waals surface area (Å²) in [5, 5.41) is 3.06. The van der Waals surface area contributed by atoms with Gasteiger partial charge in [0.05, 0.1) is 0 Å². The first-order valence-electron chi connectivity index (χ1n) is 7.75. The molecule has 19 heavy (non-hydrogen) atoms. The second-order valence-corrected chi connectivity index (χ2v) is 5.63. The average molecular weight is 291 g/mol. The zero-order chi connectivity index (χ0) is 13.2. The molecule has 1 aliphatic carbocycles. The van der Waals surface area contributed by atoms with Gasteiger partial charge in [0.1, 0.15) is 0 Å². The maximum absolute atomic E-state index is 12.1. The molecule has 1 amide bonds. The molecular weight excluding hydrogens is 260 g/mol. The van der Waals surface area contributed by atoms with Gasteiger partial charge in [0.2, 0.25) is 5.91 Å². The SMILES string of the molecule is CCC(CC1CCCCC1)C(=O)NCCCCN.Cl. The van der Waals surface area contributed by atoms with E-state index < -0.39 is 0 Å². The van der Waals surface area contributed by atoms with Gasteiger partial charge in [-0.05, 0) is 38.1 Å². The van der Waals surface area contributed by atoms with Gasteiger partial charge in [0.25, 0.3) is 0 Å². The number of carbonyl (C=O) groups is 1. The van der Waals surface area contributed by atoms with Gasteiger partial charge in [0, 0.05) is 12.5 Å². The lowest BCUT2D eigenvalue weighted by atomic mass is 9.82. The van der Waals surface area contributed by atoms with E-state index in [4.69, 9.17) is 5.73 Å². The average Bonchev–Trinajstić information content (AvgIpc) is 2.42. The zero-order valence-corrected chi connectivity index (χ0v) is 13.1. The van der Waals surface area contributed by atoms with Crippen LogP contribution in [-0.4, -0.2) is 19.0 Å². The van der Waals surface area contributed by atoms with Crippen LogP contribution in [-0.2, 0) is 4.79 Å². The third kappa shape index (κ3) is 7.78. The highest BCUT2D eigenvalue weighted by Crippen LogP contribution is 2.30. The van der Waals surface area contributed by atoms with Crippen LogP contribution in [0.1, 0.15) is 64.7 Å². The molecule has 0 aliphatic heterocycles. The normalized spacial score (nSPS) is 17.6. The van der Waals surface area contributed by atoms with Crippen molar-refractivity contribution in [1.29, 1.82) is 0 Å². The molecule has 0 aromatic rings. The predicted octanol–water partition coefficient (Wildman–Crippen LogP) is 3.26. The van der Waals surface area contributed by atoms with Crippen LogP contribution in [0.3, 0.4) is 0 Å². The van der Waals surface area contributed by atoms with E-state index in [1.165, 1.54) is 32.1 Å². The smallest absolute Gasteiger partial charge is 0.223 e. The number of nitrogens with one attached hydrogen (secondary N) is 1. The minimum absolute atomic E-state index is 0. The van der Waals surface area contributed by atoms with Crippen molar-refractivity contribution >= 4 is 18.3 Å². The maximum Gasteiger partial charge on any atom is 0.223 e. The van der Waals surface area contributed by atoms with E-state index in [9.17, 15) is 4.79 Å². The quantitative estimate of drug-likeness (QED) is 0.674. The Labute approximate surface area is 124 Å². The van der Waals surface area contributed by atoms with Crippen LogP contribution in [0.5, 0.6) is 0 Å². The van der Waals surface area contributed by atoms with Crippen LogP contribution in [0.4, 0.5) is 0 Å². The predicted molar refractivity (Wildman–Crippen MR) is 83.5 cm³/mol. The number of amides is 1. The molecule has 1 aliphatic rings. The van der Waals surface area contributed by atoms with Gasteiger partial charge in [0.15, 0.2) is 0 Å². The first kappa shape index (κ1) is 18.7. The summed E-state index contributed by atoms with van der Waals surface area (Å²) in [4.78, 5) is 12.1. The van der Waals surface area contributed by atoms with E-state index in [1.807, 2.05) is 0 Å². The Bertz CT molecular complexity index is 230. The number of hydrogen-bond donors (Lipinski definition) is 2. The number of carbonyl (C=O) groups excluding carboxylic acids is 1. The number of unbranched alkanes of at least 4 members (excludes halogenated alkanes) is 1. The van der Waals surface area contributed by atoms with Gasteiger partial charge in [-0.2, -0.15) is 0 Å². The molecule has 4 heteroatoms. The standard InChI is InChI=1S/C15H30N2O.ClH/c1-2-14(12-13-8-4-3-5-9-13)15(18)17-11-7-6-10-16;/h13-14H,2-12,16H2,1H3,(H,17,18);1H. The van der Waals surface area contributed by atoms with Gasteiger partial charge in [-0.3, -0.25) is 4.79 Å². The van der Waals surface area contributed by atoms with Gasteiger partial charge in [-0.1, -0.05) is 39.0 Å². The Balaban J connectivity index is 0.00000324. The van der Waals surface area contributed by atoms with Crippen molar-refractivity contribution in [3.8, 4) is 0 Å². The fraction of sp³-hybridized carbons (Fsp3) is 0.933. The third-order valence-electron chi connectivity index (χ3n) is 4.14. The van der Waals surface area contributed by atoms with Crippen molar-refractivity contribution in [1.82, 2.24) is 5.32 Å². The lowest BCUT2D eigenvalue weighted by Crippen LogP contribution is -2.32. The molecule has 1 rings (SSSR count). The van der Waals surface area contributed by atoms with E-state index in [0.717, 1.165) is 44.7 Å². The lowest BCUT2D eigenvalue weighted by Gasteiger charge is -2.25. The van der Waals surface area contributed by atoms with E-state index in [0.29, 0.717) is 0 Å². The molecule has 0 radical (unpaired) electrons. The largest absolute Gasteiger partial charge is 0.356 e. The van der Waals surface area contributed by atoms with Gasteiger partial charge in [-0.25, -0.2) is 0 Å². The van der Waals surface area contributed by atoms with Crippen molar-refractivity contribution in [2.24, 2.45) is 17.6 Å². The summed E-state index contributed by atoms with van der Waals surface area (Å²) in [7, 11) is 0. The molecular formula is C15H31ClN2O. The summed E-state index contributed by atoms with van der Waals surface area (Å²) in [6.45, 7) is 3.64. The summed E-state index contributed by atoms with van der Waals surface area (Å²) in [6, 6.07) is 0. The van der Waals surface area contributed by atoms with Gasteiger partial charge in [-0.15, -0.1) is 12.4 Å². The van der Waals surface area contributed by atoms with Crippen LogP contribution in [0.2, 0.25) is 0 Å². The molecule has 1 fully saturated rings. The number of nitrogens with two attached hydrogens (primary N) is 1. The monoisotopic (exact) mass is 290 g/mol. The minimum atomic E-state index is 0. The fourth-order valence-electron chi connectivity index (χ4n) is 2.91. The lowest BCUT2D eigenvalue weighted by molar-refractivity contribution is -0.125. The van der Waals surface area contributed by atoms with Crippen molar-refractivity contribution in [2.45, 2.75) is 64.7 Å². The van der Waals surface area contributed by atoms with E-state index in [1.54, 1.807) is 0 Å². The molecule has 1 atom stereocenters. The van der Waals surface area contributed by atoms with Crippen LogP contribution in [0.25, 0.3) is 0 Å². The highest BCUT2D eigenvalue weighted by atomic mass is 35.5. The highest BCUT2D eigenvalue weighted by molar-refractivity contribution is 5.85. The number of rotatable bonds is 8. The Morgan fingerprint density at radius 1 is 1.26 bits per heavy atom. The topological polar surface area (TPSA) is 55.1 Å². The van der Waals surface area contributed by atoms with Crippen LogP contribution in [0, 0.1) is 11.8 Å². The Morgan fingerprint density at radius 2 is 1.95 bits per heavy atom. The van der Waals surface area contributed by atoms with Crippen molar-refractivity contribution in [2.75, 3.05) is 13.1 Å². The minimum Gasteiger partial charge on any atom is -0.356 e. The number of halogens is 1.